The van der Waals surface area contributed by atoms with Crippen LogP contribution in [-0.2, 0) is 0 Å². The molecule has 18 heavy (non-hydrogen) atoms. The van der Waals surface area contributed by atoms with Crippen LogP contribution in [0.4, 0.5) is 0 Å². The second-order valence-electron chi connectivity index (χ2n) is 4.58. The minimum atomic E-state index is 0.400. The fourth-order valence-electron chi connectivity index (χ4n) is 1.95. The van der Waals surface area contributed by atoms with Gasteiger partial charge in [-0.1, -0.05) is 6.92 Å². The monoisotopic (exact) mass is 280 g/mol. The summed E-state index contributed by atoms with van der Waals surface area (Å²) in [6.45, 7) is 9.75. The molecule has 0 aliphatic heterocycles. The highest BCUT2D eigenvalue weighted by Crippen LogP contribution is 2.36. The van der Waals surface area contributed by atoms with Crippen molar-refractivity contribution in [1.29, 1.82) is 0 Å². The molecule has 0 amide bonds. The van der Waals surface area contributed by atoms with Gasteiger partial charge in [-0.2, -0.15) is 0 Å². The Morgan fingerprint density at radius 2 is 2.17 bits per heavy atom. The third kappa shape index (κ3) is 2.82. The molecule has 0 spiro atoms. The van der Waals surface area contributed by atoms with Crippen molar-refractivity contribution in [3.8, 4) is 9.88 Å². The summed E-state index contributed by atoms with van der Waals surface area (Å²) < 4.78 is 0. The van der Waals surface area contributed by atoms with E-state index in [1.165, 1.54) is 32.4 Å². The molecule has 98 valence electrons. The van der Waals surface area contributed by atoms with E-state index in [1.54, 1.807) is 11.3 Å². The van der Waals surface area contributed by atoms with Crippen molar-refractivity contribution in [2.45, 2.75) is 40.2 Å². The average molecular weight is 280 g/mol. The van der Waals surface area contributed by atoms with Gasteiger partial charge in [-0.25, -0.2) is 4.98 Å². The lowest BCUT2D eigenvalue weighted by Crippen LogP contribution is -2.18. The largest absolute Gasteiger partial charge is 0.309 e. The van der Waals surface area contributed by atoms with Crippen LogP contribution in [0.2, 0.25) is 0 Å². The average Bonchev–Trinajstić information content (AvgIpc) is 2.92. The van der Waals surface area contributed by atoms with Crippen molar-refractivity contribution in [3.63, 3.8) is 0 Å². The molecule has 1 atom stereocenters. The summed E-state index contributed by atoms with van der Waals surface area (Å²) in [6, 6.07) is 2.56. The lowest BCUT2D eigenvalue weighted by Gasteiger charge is -2.11. The van der Waals surface area contributed by atoms with E-state index < -0.39 is 0 Å². The Morgan fingerprint density at radius 3 is 2.78 bits per heavy atom. The van der Waals surface area contributed by atoms with Gasteiger partial charge in [0, 0.05) is 10.9 Å². The van der Waals surface area contributed by atoms with Crippen LogP contribution in [0.3, 0.4) is 0 Å². The topological polar surface area (TPSA) is 24.9 Å². The van der Waals surface area contributed by atoms with Gasteiger partial charge in [0.25, 0.3) is 0 Å². The SMILES string of the molecule is CCCNC(C)c1sc(-c2sccc2C)nc1C. The van der Waals surface area contributed by atoms with Crippen LogP contribution >= 0.6 is 22.7 Å². The third-order valence-electron chi connectivity index (χ3n) is 2.98. The van der Waals surface area contributed by atoms with Crippen molar-refractivity contribution < 1.29 is 0 Å². The van der Waals surface area contributed by atoms with Crippen LogP contribution in [-0.4, -0.2) is 11.5 Å². The van der Waals surface area contributed by atoms with Crippen LogP contribution < -0.4 is 5.32 Å². The Bertz CT molecular complexity index is 514. The van der Waals surface area contributed by atoms with Crippen LogP contribution in [0.25, 0.3) is 9.88 Å². The highest BCUT2D eigenvalue weighted by Gasteiger charge is 2.16. The molecule has 2 aromatic heterocycles. The smallest absolute Gasteiger partial charge is 0.134 e. The number of rotatable bonds is 5. The second-order valence-corrected chi connectivity index (χ2v) is 6.52. The van der Waals surface area contributed by atoms with E-state index in [4.69, 9.17) is 4.98 Å². The normalized spacial score (nSPS) is 12.9. The number of hydrogen-bond acceptors (Lipinski definition) is 4. The molecule has 0 aliphatic carbocycles. The summed E-state index contributed by atoms with van der Waals surface area (Å²) in [4.78, 5) is 7.42. The first-order valence-electron chi connectivity index (χ1n) is 6.38. The first-order chi connectivity index (χ1) is 8.63. The Hall–Kier alpha value is -0.710. The first-order valence-corrected chi connectivity index (χ1v) is 8.08. The molecule has 1 N–H and O–H groups in total. The zero-order valence-corrected chi connectivity index (χ0v) is 13.0. The van der Waals surface area contributed by atoms with Gasteiger partial charge in [0.05, 0.1) is 10.6 Å². The highest BCUT2D eigenvalue weighted by atomic mass is 32.1. The van der Waals surface area contributed by atoms with Gasteiger partial charge in [-0.15, -0.1) is 22.7 Å². The molecule has 0 radical (unpaired) electrons. The molecular formula is C14H20N2S2. The number of hydrogen-bond donors (Lipinski definition) is 1. The summed E-state index contributed by atoms with van der Waals surface area (Å²) in [6.07, 6.45) is 1.17. The molecule has 0 fully saturated rings. The molecule has 4 heteroatoms. The van der Waals surface area contributed by atoms with E-state index in [2.05, 4.69) is 44.5 Å². The summed E-state index contributed by atoms with van der Waals surface area (Å²) in [5.74, 6) is 0. The van der Waals surface area contributed by atoms with E-state index in [1.807, 2.05) is 11.3 Å². The number of nitrogens with one attached hydrogen (secondary N) is 1. The van der Waals surface area contributed by atoms with Crippen LogP contribution in [0.1, 0.15) is 42.4 Å². The van der Waals surface area contributed by atoms with Crippen LogP contribution in [0.15, 0.2) is 11.4 Å². The predicted molar refractivity (Wildman–Crippen MR) is 81.6 cm³/mol. The molecule has 2 aromatic rings. The van der Waals surface area contributed by atoms with E-state index in [-0.39, 0.29) is 0 Å². The van der Waals surface area contributed by atoms with E-state index in [0.717, 1.165) is 6.54 Å². The number of thiophene rings is 1. The van der Waals surface area contributed by atoms with Crippen molar-refractivity contribution >= 4 is 22.7 Å². The molecule has 2 rings (SSSR count). The molecule has 0 saturated carbocycles. The second kappa shape index (κ2) is 5.95. The number of aromatic nitrogens is 1. The van der Waals surface area contributed by atoms with Gasteiger partial charge in [0.15, 0.2) is 0 Å². The summed E-state index contributed by atoms with van der Waals surface area (Å²) in [5, 5.41) is 6.84. The minimum absolute atomic E-state index is 0.400. The third-order valence-corrected chi connectivity index (χ3v) is 5.49. The molecule has 0 bridgehead atoms. The number of nitrogens with zero attached hydrogens (tertiary/aromatic N) is 1. The summed E-state index contributed by atoms with van der Waals surface area (Å²) >= 11 is 3.61. The maximum atomic E-state index is 4.73. The summed E-state index contributed by atoms with van der Waals surface area (Å²) in [5.41, 5.74) is 2.49. The molecule has 0 saturated heterocycles. The van der Waals surface area contributed by atoms with Gasteiger partial charge in [0.2, 0.25) is 0 Å². The highest BCUT2D eigenvalue weighted by molar-refractivity contribution is 7.21. The van der Waals surface area contributed by atoms with E-state index in [0.29, 0.717) is 6.04 Å². The van der Waals surface area contributed by atoms with Crippen LogP contribution in [0.5, 0.6) is 0 Å². The Balaban J connectivity index is 2.24. The lowest BCUT2D eigenvalue weighted by molar-refractivity contribution is 0.575. The van der Waals surface area contributed by atoms with E-state index in [9.17, 15) is 0 Å². The molecule has 1 unspecified atom stereocenters. The van der Waals surface area contributed by atoms with Gasteiger partial charge < -0.3 is 5.32 Å². The standard InChI is InChI=1S/C14H20N2S2/c1-5-7-15-10(3)13-11(4)16-14(18-13)12-9(2)6-8-17-12/h6,8,10,15H,5,7H2,1-4H3. The van der Waals surface area contributed by atoms with Gasteiger partial charge in [-0.05, 0) is 50.7 Å². The Labute approximate surface area is 117 Å². The number of thiazole rings is 1. The maximum absolute atomic E-state index is 4.73. The van der Waals surface area contributed by atoms with Gasteiger partial charge in [-0.3, -0.25) is 0 Å². The quantitative estimate of drug-likeness (QED) is 0.869. The van der Waals surface area contributed by atoms with Crippen molar-refractivity contribution in [3.05, 3.63) is 27.6 Å². The van der Waals surface area contributed by atoms with Crippen molar-refractivity contribution in [1.82, 2.24) is 10.3 Å². The van der Waals surface area contributed by atoms with Crippen LogP contribution in [0, 0.1) is 13.8 Å². The minimum Gasteiger partial charge on any atom is -0.309 e. The van der Waals surface area contributed by atoms with Gasteiger partial charge in [0.1, 0.15) is 5.01 Å². The Morgan fingerprint density at radius 1 is 1.39 bits per heavy atom. The zero-order valence-electron chi connectivity index (χ0n) is 11.4. The molecule has 2 nitrogen and oxygen atoms in total. The molecule has 0 aliphatic rings. The molecule has 2 heterocycles. The van der Waals surface area contributed by atoms with E-state index >= 15 is 0 Å². The van der Waals surface area contributed by atoms with Gasteiger partial charge >= 0.3 is 0 Å². The molecule has 0 aromatic carbocycles. The fraction of sp³-hybridized carbons (Fsp3) is 0.500. The first kappa shape index (κ1) is 13.7. The van der Waals surface area contributed by atoms with Crippen molar-refractivity contribution in [2.75, 3.05) is 6.54 Å². The number of aryl methyl sites for hydroxylation is 2. The molecular weight excluding hydrogens is 260 g/mol. The summed E-state index contributed by atoms with van der Waals surface area (Å²) in [7, 11) is 0. The fourth-order valence-corrected chi connectivity index (χ4v) is 4.13. The zero-order chi connectivity index (χ0) is 13.1. The lowest BCUT2D eigenvalue weighted by atomic mass is 10.2. The maximum Gasteiger partial charge on any atom is 0.134 e. The van der Waals surface area contributed by atoms with Crippen molar-refractivity contribution in [2.24, 2.45) is 0 Å². The predicted octanol–water partition coefficient (Wildman–Crippen LogP) is 4.55. The Kier molecular flexibility index (Phi) is 4.54.